The minimum Gasteiger partial charge on any atom is -0.350 e. The zero-order chi connectivity index (χ0) is 18.4. The summed E-state index contributed by atoms with van der Waals surface area (Å²) in [5.74, 6) is -1.63. The van der Waals surface area contributed by atoms with E-state index in [-0.39, 0.29) is 17.4 Å². The normalized spacial score (nSPS) is 11.9. The highest BCUT2D eigenvalue weighted by Crippen LogP contribution is 2.09. The van der Waals surface area contributed by atoms with Gasteiger partial charge in [-0.15, -0.1) is 0 Å². The van der Waals surface area contributed by atoms with Gasteiger partial charge in [-0.05, 0) is 30.5 Å². The summed E-state index contributed by atoms with van der Waals surface area (Å²) in [4.78, 5) is 24.7. The van der Waals surface area contributed by atoms with E-state index in [2.05, 4.69) is 10.6 Å². The van der Waals surface area contributed by atoms with Gasteiger partial charge in [-0.1, -0.05) is 55.8 Å². The van der Waals surface area contributed by atoms with Gasteiger partial charge >= 0.3 is 0 Å². The summed E-state index contributed by atoms with van der Waals surface area (Å²) >= 11 is 0. The second kappa shape index (κ2) is 8.42. The lowest BCUT2D eigenvalue weighted by Crippen LogP contribution is -2.49. The van der Waals surface area contributed by atoms with Crippen LogP contribution in [0.25, 0.3) is 0 Å². The molecule has 0 saturated carbocycles. The molecule has 2 amide bonds. The average Bonchev–Trinajstić information content (AvgIpc) is 2.57. The molecule has 2 aromatic rings. The van der Waals surface area contributed by atoms with E-state index < -0.39 is 17.8 Å². The first-order valence-corrected chi connectivity index (χ1v) is 8.27. The van der Waals surface area contributed by atoms with Crippen LogP contribution in [-0.2, 0) is 11.3 Å². The fourth-order valence-electron chi connectivity index (χ4n) is 2.52. The molecule has 2 N–H and O–H groups in total. The third-order valence-corrected chi connectivity index (χ3v) is 3.90. The molecule has 0 aromatic heterocycles. The van der Waals surface area contributed by atoms with Crippen LogP contribution in [0, 0.1) is 18.7 Å². The Morgan fingerprint density at radius 1 is 1.08 bits per heavy atom. The van der Waals surface area contributed by atoms with Crippen molar-refractivity contribution in [3.63, 3.8) is 0 Å². The van der Waals surface area contributed by atoms with Gasteiger partial charge < -0.3 is 10.6 Å². The molecule has 4 nitrogen and oxygen atoms in total. The zero-order valence-electron chi connectivity index (χ0n) is 14.7. The molecule has 1 atom stereocenters. The first kappa shape index (κ1) is 18.6. The van der Waals surface area contributed by atoms with E-state index in [1.165, 1.54) is 18.2 Å². The minimum absolute atomic E-state index is 0.0698. The zero-order valence-corrected chi connectivity index (χ0v) is 14.7. The van der Waals surface area contributed by atoms with Gasteiger partial charge in [0.25, 0.3) is 5.91 Å². The number of carbonyl (C=O) groups is 2. The van der Waals surface area contributed by atoms with Crippen molar-refractivity contribution in [2.75, 3.05) is 0 Å². The monoisotopic (exact) mass is 342 g/mol. The number of hydrogen-bond acceptors (Lipinski definition) is 2. The number of rotatable bonds is 6. The Kier molecular flexibility index (Phi) is 6.28. The van der Waals surface area contributed by atoms with Gasteiger partial charge in [0.05, 0.1) is 5.56 Å². The van der Waals surface area contributed by atoms with E-state index in [9.17, 15) is 14.0 Å². The van der Waals surface area contributed by atoms with Crippen molar-refractivity contribution in [3.8, 4) is 0 Å². The topological polar surface area (TPSA) is 58.2 Å². The molecule has 0 aliphatic carbocycles. The molecule has 0 aliphatic rings. The number of halogens is 1. The van der Waals surface area contributed by atoms with Crippen molar-refractivity contribution < 1.29 is 14.0 Å². The Balaban J connectivity index is 2.03. The second-order valence-electron chi connectivity index (χ2n) is 6.38. The fourth-order valence-corrected chi connectivity index (χ4v) is 2.52. The molecule has 0 spiro atoms. The van der Waals surface area contributed by atoms with Crippen LogP contribution in [0.2, 0.25) is 0 Å². The van der Waals surface area contributed by atoms with Crippen LogP contribution >= 0.6 is 0 Å². The number of nitrogens with one attached hydrogen (secondary N) is 2. The summed E-state index contributed by atoms with van der Waals surface area (Å²) in [7, 11) is 0. The summed E-state index contributed by atoms with van der Waals surface area (Å²) in [5.41, 5.74) is 2.02. The predicted molar refractivity (Wildman–Crippen MR) is 95.5 cm³/mol. The molecular formula is C20H23FN2O2. The van der Waals surface area contributed by atoms with E-state index in [4.69, 9.17) is 0 Å². The van der Waals surface area contributed by atoms with Crippen molar-refractivity contribution in [1.82, 2.24) is 10.6 Å². The first-order chi connectivity index (χ1) is 11.9. The van der Waals surface area contributed by atoms with E-state index in [0.29, 0.717) is 6.54 Å². The number of hydrogen-bond donors (Lipinski definition) is 2. The second-order valence-corrected chi connectivity index (χ2v) is 6.38. The van der Waals surface area contributed by atoms with E-state index >= 15 is 0 Å². The molecule has 25 heavy (non-hydrogen) atoms. The lowest BCUT2D eigenvalue weighted by atomic mass is 10.0. The SMILES string of the molecule is Cc1cccc(CNC(=O)C(NC(=O)c2ccccc2F)C(C)C)c1. The van der Waals surface area contributed by atoms with Gasteiger partial charge in [-0.2, -0.15) is 0 Å². The Morgan fingerprint density at radius 3 is 2.44 bits per heavy atom. The van der Waals surface area contributed by atoms with Crippen LogP contribution in [0.1, 0.15) is 35.3 Å². The van der Waals surface area contributed by atoms with Crippen LogP contribution in [0.3, 0.4) is 0 Å². The molecule has 0 fully saturated rings. The third-order valence-electron chi connectivity index (χ3n) is 3.90. The molecule has 0 saturated heterocycles. The Hall–Kier alpha value is -2.69. The van der Waals surface area contributed by atoms with Crippen LogP contribution in [0.4, 0.5) is 4.39 Å². The van der Waals surface area contributed by atoms with E-state index in [0.717, 1.165) is 11.1 Å². The van der Waals surface area contributed by atoms with Crippen molar-refractivity contribution in [2.45, 2.75) is 33.4 Å². The van der Waals surface area contributed by atoms with Gasteiger partial charge in [-0.25, -0.2) is 4.39 Å². The van der Waals surface area contributed by atoms with Crippen LogP contribution in [0.15, 0.2) is 48.5 Å². The number of carbonyl (C=O) groups excluding carboxylic acids is 2. The minimum atomic E-state index is -0.739. The van der Waals surface area contributed by atoms with Gasteiger partial charge in [-0.3, -0.25) is 9.59 Å². The highest BCUT2D eigenvalue weighted by Gasteiger charge is 2.25. The van der Waals surface area contributed by atoms with Gasteiger partial charge in [0.15, 0.2) is 0 Å². The maximum absolute atomic E-state index is 13.7. The average molecular weight is 342 g/mol. The molecule has 132 valence electrons. The fraction of sp³-hybridized carbons (Fsp3) is 0.300. The van der Waals surface area contributed by atoms with Crippen molar-refractivity contribution in [2.24, 2.45) is 5.92 Å². The Labute approximate surface area is 147 Å². The number of amides is 2. The molecule has 5 heteroatoms. The standard InChI is InChI=1S/C20H23FN2O2/c1-13(2)18(23-19(24)16-9-4-5-10-17(16)21)20(25)22-12-15-8-6-7-14(3)11-15/h4-11,13,18H,12H2,1-3H3,(H,22,25)(H,23,24). The highest BCUT2D eigenvalue weighted by molar-refractivity contribution is 5.97. The quantitative estimate of drug-likeness (QED) is 0.847. The van der Waals surface area contributed by atoms with Crippen LogP contribution < -0.4 is 10.6 Å². The van der Waals surface area contributed by atoms with Gasteiger partial charge in [0.1, 0.15) is 11.9 Å². The van der Waals surface area contributed by atoms with Crippen LogP contribution in [-0.4, -0.2) is 17.9 Å². The third kappa shape index (κ3) is 5.14. The smallest absolute Gasteiger partial charge is 0.254 e. The van der Waals surface area contributed by atoms with Gasteiger partial charge in [0.2, 0.25) is 5.91 Å². The predicted octanol–water partition coefficient (Wildman–Crippen LogP) is 3.20. The molecule has 0 bridgehead atoms. The number of aryl methyl sites for hydroxylation is 1. The largest absolute Gasteiger partial charge is 0.350 e. The van der Waals surface area contributed by atoms with E-state index in [1.807, 2.05) is 45.0 Å². The van der Waals surface area contributed by atoms with Crippen LogP contribution in [0.5, 0.6) is 0 Å². The summed E-state index contributed by atoms with van der Waals surface area (Å²) in [6.45, 7) is 6.02. The molecule has 0 aliphatic heterocycles. The van der Waals surface area contributed by atoms with Gasteiger partial charge in [0, 0.05) is 6.54 Å². The Bertz CT molecular complexity index is 759. The lowest BCUT2D eigenvalue weighted by molar-refractivity contribution is -0.124. The molecular weight excluding hydrogens is 319 g/mol. The highest BCUT2D eigenvalue weighted by atomic mass is 19.1. The summed E-state index contributed by atoms with van der Waals surface area (Å²) in [6, 6.07) is 12.8. The van der Waals surface area contributed by atoms with Crippen molar-refractivity contribution >= 4 is 11.8 Å². The van der Waals surface area contributed by atoms with Crippen molar-refractivity contribution in [3.05, 3.63) is 71.0 Å². The summed E-state index contributed by atoms with van der Waals surface area (Å²) in [6.07, 6.45) is 0. The van der Waals surface area contributed by atoms with E-state index in [1.54, 1.807) is 6.07 Å². The summed E-state index contributed by atoms with van der Waals surface area (Å²) in [5, 5.41) is 5.46. The maximum Gasteiger partial charge on any atom is 0.254 e. The first-order valence-electron chi connectivity index (χ1n) is 8.27. The molecule has 1 unspecified atom stereocenters. The molecule has 0 radical (unpaired) electrons. The molecule has 2 rings (SSSR count). The Morgan fingerprint density at radius 2 is 1.80 bits per heavy atom. The summed E-state index contributed by atoms with van der Waals surface area (Å²) < 4.78 is 13.7. The lowest BCUT2D eigenvalue weighted by Gasteiger charge is -2.22. The molecule has 0 heterocycles. The van der Waals surface area contributed by atoms with Crippen molar-refractivity contribution in [1.29, 1.82) is 0 Å². The number of benzene rings is 2. The molecule has 2 aromatic carbocycles. The maximum atomic E-state index is 13.7.